The molecule has 4 aromatic rings. The van der Waals surface area contributed by atoms with Crippen molar-refractivity contribution in [2.75, 3.05) is 13.2 Å². The van der Waals surface area contributed by atoms with Gasteiger partial charge in [0.25, 0.3) is 5.91 Å². The van der Waals surface area contributed by atoms with Crippen LogP contribution in [0, 0.1) is 5.82 Å². The number of halogens is 2. The normalized spacial score (nSPS) is 10.8. The largest absolute Gasteiger partial charge is 0.490 e. The Morgan fingerprint density at radius 2 is 1.54 bits per heavy atom. The number of benzene rings is 4. The molecule has 0 spiro atoms. The second-order valence-electron chi connectivity index (χ2n) is 8.75. The fourth-order valence-corrected chi connectivity index (χ4v) is 4.42. The molecule has 0 fully saturated rings. The molecule has 0 aliphatic carbocycles. The van der Waals surface area contributed by atoms with E-state index >= 15 is 0 Å². The third-order valence-corrected chi connectivity index (χ3v) is 6.32. The van der Waals surface area contributed by atoms with Gasteiger partial charge in [-0.1, -0.05) is 42.5 Å². The number of rotatable bonds is 13. The van der Waals surface area contributed by atoms with Crippen LogP contribution in [-0.2, 0) is 13.2 Å². The summed E-state index contributed by atoms with van der Waals surface area (Å²) < 4.78 is 37.5. The van der Waals surface area contributed by atoms with Crippen LogP contribution >= 0.6 is 15.9 Å². The van der Waals surface area contributed by atoms with Crippen LogP contribution in [0.4, 0.5) is 4.39 Å². The Labute approximate surface area is 247 Å². The summed E-state index contributed by atoms with van der Waals surface area (Å²) >= 11 is 3.52. The summed E-state index contributed by atoms with van der Waals surface area (Å²) in [7, 11) is 0. The molecular formula is C32H30BrFN2O5. The summed E-state index contributed by atoms with van der Waals surface area (Å²) in [5.41, 5.74) is 5.29. The van der Waals surface area contributed by atoms with Crippen LogP contribution < -0.4 is 24.4 Å². The molecule has 1 N–H and O–H groups in total. The van der Waals surface area contributed by atoms with Crippen LogP contribution in [0.25, 0.3) is 0 Å². The molecule has 0 atom stereocenters. The first-order valence-corrected chi connectivity index (χ1v) is 13.9. The molecule has 7 nitrogen and oxygen atoms in total. The molecule has 0 aliphatic rings. The first kappa shape index (κ1) is 29.6. The van der Waals surface area contributed by atoms with Gasteiger partial charge in [-0.05, 0) is 88.9 Å². The van der Waals surface area contributed by atoms with Crippen molar-refractivity contribution in [3.63, 3.8) is 0 Å². The van der Waals surface area contributed by atoms with Crippen LogP contribution in [0.5, 0.6) is 23.0 Å². The molecule has 0 bridgehead atoms. The molecule has 4 rings (SSSR count). The summed E-state index contributed by atoms with van der Waals surface area (Å²) in [6.07, 6.45) is 1.50. The number of hydrogen-bond donors (Lipinski definition) is 1. The minimum absolute atomic E-state index is 0.166. The molecule has 41 heavy (non-hydrogen) atoms. The van der Waals surface area contributed by atoms with Crippen molar-refractivity contribution in [2.24, 2.45) is 5.10 Å². The quantitative estimate of drug-likeness (QED) is 0.125. The summed E-state index contributed by atoms with van der Waals surface area (Å²) in [5, 5.41) is 4.11. The second kappa shape index (κ2) is 14.9. The van der Waals surface area contributed by atoms with Gasteiger partial charge in [0.15, 0.2) is 23.0 Å². The smallest absolute Gasteiger partial charge is 0.271 e. The zero-order chi connectivity index (χ0) is 29.0. The van der Waals surface area contributed by atoms with Crippen molar-refractivity contribution in [2.45, 2.75) is 27.1 Å². The van der Waals surface area contributed by atoms with Crippen molar-refractivity contribution in [3.05, 3.63) is 117 Å². The average molecular weight is 622 g/mol. The SMILES string of the molecule is CCOc1cc(C(=O)N/N=C/c2cc(Br)c(OCc3cccc(F)c3)c(OCC)c2)ccc1OCc1ccccc1. The van der Waals surface area contributed by atoms with Crippen molar-refractivity contribution < 1.29 is 28.1 Å². The average Bonchev–Trinajstić information content (AvgIpc) is 2.97. The lowest BCUT2D eigenvalue weighted by atomic mass is 10.2. The molecule has 0 saturated heterocycles. The highest BCUT2D eigenvalue weighted by atomic mass is 79.9. The molecule has 0 saturated carbocycles. The maximum absolute atomic E-state index is 13.5. The van der Waals surface area contributed by atoms with E-state index in [-0.39, 0.29) is 12.4 Å². The van der Waals surface area contributed by atoms with Crippen LogP contribution in [-0.4, -0.2) is 25.3 Å². The number of carbonyl (C=O) groups is 1. The fourth-order valence-electron chi connectivity index (χ4n) is 3.85. The van der Waals surface area contributed by atoms with Gasteiger partial charge in [0.2, 0.25) is 0 Å². The van der Waals surface area contributed by atoms with Gasteiger partial charge in [-0.2, -0.15) is 5.10 Å². The van der Waals surface area contributed by atoms with E-state index < -0.39 is 5.91 Å². The van der Waals surface area contributed by atoms with Crippen molar-refractivity contribution >= 4 is 28.1 Å². The van der Waals surface area contributed by atoms with Gasteiger partial charge in [0.05, 0.1) is 23.9 Å². The summed E-state index contributed by atoms with van der Waals surface area (Å²) in [5.74, 6) is 1.25. The summed E-state index contributed by atoms with van der Waals surface area (Å²) in [6, 6.07) is 24.5. The van der Waals surface area contributed by atoms with Gasteiger partial charge >= 0.3 is 0 Å². The van der Waals surface area contributed by atoms with Gasteiger partial charge in [0.1, 0.15) is 19.0 Å². The molecule has 0 aliphatic heterocycles. The van der Waals surface area contributed by atoms with E-state index in [1.807, 2.05) is 44.2 Å². The lowest BCUT2D eigenvalue weighted by Gasteiger charge is -2.15. The Hall–Kier alpha value is -4.37. The Morgan fingerprint density at radius 3 is 2.29 bits per heavy atom. The van der Waals surface area contributed by atoms with Gasteiger partial charge in [0, 0.05) is 5.56 Å². The zero-order valence-corrected chi connectivity index (χ0v) is 24.3. The van der Waals surface area contributed by atoms with Gasteiger partial charge in [-0.25, -0.2) is 9.82 Å². The molecular weight excluding hydrogens is 591 g/mol. The van der Waals surface area contributed by atoms with E-state index in [9.17, 15) is 9.18 Å². The number of hydrogen-bond acceptors (Lipinski definition) is 6. The zero-order valence-electron chi connectivity index (χ0n) is 22.7. The van der Waals surface area contributed by atoms with Crippen molar-refractivity contribution in [1.29, 1.82) is 0 Å². The van der Waals surface area contributed by atoms with E-state index in [2.05, 4.69) is 26.5 Å². The van der Waals surface area contributed by atoms with Crippen LogP contribution in [0.15, 0.2) is 94.5 Å². The topological polar surface area (TPSA) is 78.4 Å². The molecule has 212 valence electrons. The third kappa shape index (κ3) is 8.56. The highest BCUT2D eigenvalue weighted by Crippen LogP contribution is 2.37. The van der Waals surface area contributed by atoms with Crippen LogP contribution in [0.3, 0.4) is 0 Å². The molecule has 0 radical (unpaired) electrons. The van der Waals surface area contributed by atoms with Gasteiger partial charge in [-0.3, -0.25) is 4.79 Å². The molecule has 0 heterocycles. The number of amides is 1. The summed E-state index contributed by atoms with van der Waals surface area (Å²) in [4.78, 5) is 12.8. The molecule has 0 unspecified atom stereocenters. The van der Waals surface area contributed by atoms with Gasteiger partial charge < -0.3 is 18.9 Å². The first-order chi connectivity index (χ1) is 20.0. The Morgan fingerprint density at radius 1 is 0.805 bits per heavy atom. The maximum atomic E-state index is 13.5. The predicted octanol–water partition coefficient (Wildman–Crippen LogP) is 7.31. The Balaban J connectivity index is 1.42. The first-order valence-electron chi connectivity index (χ1n) is 13.1. The maximum Gasteiger partial charge on any atom is 0.271 e. The van der Waals surface area contributed by atoms with Crippen molar-refractivity contribution in [1.82, 2.24) is 5.43 Å². The predicted molar refractivity (Wildman–Crippen MR) is 159 cm³/mol. The Bertz CT molecular complexity index is 1500. The summed E-state index contributed by atoms with van der Waals surface area (Å²) in [6.45, 7) is 5.10. The molecule has 4 aromatic carbocycles. The number of carbonyl (C=O) groups excluding carboxylic acids is 1. The van der Waals surface area contributed by atoms with Crippen LogP contribution in [0.1, 0.15) is 40.9 Å². The second-order valence-corrected chi connectivity index (χ2v) is 9.60. The molecule has 1 amide bonds. The number of nitrogens with one attached hydrogen (secondary N) is 1. The van der Waals surface area contributed by atoms with E-state index in [0.29, 0.717) is 64.0 Å². The highest BCUT2D eigenvalue weighted by Gasteiger charge is 2.14. The number of ether oxygens (including phenoxy) is 4. The van der Waals surface area contributed by atoms with Crippen molar-refractivity contribution in [3.8, 4) is 23.0 Å². The third-order valence-electron chi connectivity index (χ3n) is 5.73. The standard InChI is InChI=1S/C32H30BrFN2O5/c1-3-38-29-18-25(13-14-28(29)40-20-22-9-6-5-7-10-22)32(37)36-35-19-24-16-27(33)31(30(17-24)39-4-2)41-21-23-11-8-12-26(34)15-23/h5-19H,3-4,20-21H2,1-2H3,(H,36,37)/b35-19+. The monoisotopic (exact) mass is 620 g/mol. The highest BCUT2D eigenvalue weighted by molar-refractivity contribution is 9.10. The van der Waals surface area contributed by atoms with E-state index in [0.717, 1.165) is 5.56 Å². The minimum Gasteiger partial charge on any atom is -0.490 e. The minimum atomic E-state index is -0.407. The van der Waals surface area contributed by atoms with Gasteiger partial charge in [-0.15, -0.1) is 0 Å². The Kier molecular flexibility index (Phi) is 10.7. The lowest BCUT2D eigenvalue weighted by molar-refractivity contribution is 0.0954. The lowest BCUT2D eigenvalue weighted by Crippen LogP contribution is -2.17. The molecule has 0 aromatic heterocycles. The fraction of sp³-hybridized carbons (Fsp3) is 0.188. The number of nitrogens with zero attached hydrogens (tertiary/aromatic N) is 1. The number of hydrazone groups is 1. The van der Waals surface area contributed by atoms with Crippen LogP contribution in [0.2, 0.25) is 0 Å². The van der Waals surface area contributed by atoms with E-state index in [4.69, 9.17) is 18.9 Å². The molecule has 9 heteroatoms. The van der Waals surface area contributed by atoms with E-state index in [1.54, 1.807) is 42.5 Å². The van der Waals surface area contributed by atoms with E-state index in [1.165, 1.54) is 18.3 Å².